The Morgan fingerprint density at radius 3 is 2.66 bits per heavy atom. The molecule has 1 saturated heterocycles. The van der Waals surface area contributed by atoms with E-state index in [9.17, 15) is 14.0 Å². The number of aromatic nitrogens is 3. The van der Waals surface area contributed by atoms with E-state index < -0.39 is 11.5 Å². The molecule has 1 aliphatic heterocycles. The van der Waals surface area contributed by atoms with Gasteiger partial charge in [-0.1, -0.05) is 55.8 Å². The number of anilines is 1. The number of hydrogen-bond donors (Lipinski definition) is 0. The van der Waals surface area contributed by atoms with E-state index in [-0.39, 0.29) is 33.9 Å². The highest BCUT2D eigenvalue weighted by molar-refractivity contribution is 6.33. The van der Waals surface area contributed by atoms with Crippen LogP contribution in [0.25, 0.3) is 28.0 Å². The topological polar surface area (TPSA) is 80.6 Å². The average Bonchev–Trinajstić information content (AvgIpc) is 2.97. The number of rotatable bonds is 7. The van der Waals surface area contributed by atoms with Gasteiger partial charge in [0.2, 0.25) is 5.91 Å². The van der Waals surface area contributed by atoms with E-state index in [1.807, 2.05) is 24.0 Å². The molecule has 0 N–H and O–H groups in total. The molecule has 0 bridgehead atoms. The van der Waals surface area contributed by atoms with Crippen molar-refractivity contribution in [2.45, 2.75) is 32.7 Å². The first-order valence-electron chi connectivity index (χ1n) is 13.5. The molecule has 0 spiro atoms. The van der Waals surface area contributed by atoms with E-state index in [1.54, 1.807) is 42.3 Å². The summed E-state index contributed by atoms with van der Waals surface area (Å²) < 4.78 is 22.1. The van der Waals surface area contributed by atoms with Gasteiger partial charge in [-0.2, -0.15) is 4.98 Å². The van der Waals surface area contributed by atoms with Crippen LogP contribution in [0.5, 0.6) is 5.75 Å². The first kappa shape index (κ1) is 28.3. The molecule has 8 nitrogen and oxygen atoms in total. The average molecular weight is 576 g/mol. The Morgan fingerprint density at radius 1 is 1.20 bits per heavy atom. The van der Waals surface area contributed by atoms with Gasteiger partial charge in [0.1, 0.15) is 17.4 Å². The minimum absolute atomic E-state index is 0.149. The number of para-hydroxylation sites is 1. The van der Waals surface area contributed by atoms with Gasteiger partial charge >= 0.3 is 5.69 Å². The molecule has 1 aliphatic rings. The molecule has 212 valence electrons. The van der Waals surface area contributed by atoms with Crippen molar-refractivity contribution >= 4 is 34.4 Å². The molecule has 0 aliphatic carbocycles. The lowest BCUT2D eigenvalue weighted by Gasteiger charge is -2.40. The Kier molecular flexibility index (Phi) is 8.08. The Labute approximate surface area is 242 Å². The van der Waals surface area contributed by atoms with Crippen molar-refractivity contribution in [3.05, 3.63) is 88.1 Å². The van der Waals surface area contributed by atoms with Crippen LogP contribution in [-0.2, 0) is 11.2 Å². The summed E-state index contributed by atoms with van der Waals surface area (Å²) in [4.78, 5) is 39.4. The van der Waals surface area contributed by atoms with Crippen LogP contribution in [-0.4, -0.2) is 58.1 Å². The number of halogens is 2. The highest BCUT2D eigenvalue weighted by Crippen LogP contribution is 2.37. The molecule has 0 saturated carbocycles. The molecule has 2 aromatic heterocycles. The van der Waals surface area contributed by atoms with Crippen LogP contribution in [0.2, 0.25) is 5.02 Å². The number of methoxy groups -OCH3 is 1. The molecule has 0 radical (unpaired) electrons. The minimum Gasteiger partial charge on any atom is -0.495 e. The van der Waals surface area contributed by atoms with Crippen molar-refractivity contribution < 1.29 is 13.9 Å². The second-order valence-corrected chi connectivity index (χ2v) is 10.4. The SMILES string of the molecule is C=CC(=O)N1CCN(c2nc(=O)n(-c3c(CCC)cccc3OC)c3nc(-c4ccccc4F)c(Cl)cc23)[C@@H](C)C1. The zero-order valence-corrected chi connectivity index (χ0v) is 24.0. The molecule has 0 unspecified atom stereocenters. The lowest BCUT2D eigenvalue weighted by molar-refractivity contribution is -0.126. The largest absolute Gasteiger partial charge is 0.495 e. The summed E-state index contributed by atoms with van der Waals surface area (Å²) in [6.07, 6.45) is 2.82. The fourth-order valence-electron chi connectivity index (χ4n) is 5.43. The van der Waals surface area contributed by atoms with E-state index >= 15 is 0 Å². The third-order valence-electron chi connectivity index (χ3n) is 7.36. The van der Waals surface area contributed by atoms with Gasteiger partial charge in [-0.3, -0.25) is 4.79 Å². The summed E-state index contributed by atoms with van der Waals surface area (Å²) in [6, 6.07) is 13.4. The number of aryl methyl sites for hydroxylation is 1. The summed E-state index contributed by atoms with van der Waals surface area (Å²) in [5, 5.41) is 0.746. The van der Waals surface area contributed by atoms with Crippen LogP contribution in [0.1, 0.15) is 25.8 Å². The molecule has 4 aromatic rings. The van der Waals surface area contributed by atoms with E-state index in [0.29, 0.717) is 48.7 Å². The maximum Gasteiger partial charge on any atom is 0.355 e. The second-order valence-electron chi connectivity index (χ2n) is 9.97. The second kappa shape index (κ2) is 11.7. The maximum atomic E-state index is 14.9. The molecule has 10 heteroatoms. The van der Waals surface area contributed by atoms with Crippen LogP contribution in [0.4, 0.5) is 10.2 Å². The highest BCUT2D eigenvalue weighted by atomic mass is 35.5. The number of carbonyl (C=O) groups is 1. The lowest BCUT2D eigenvalue weighted by Crippen LogP contribution is -2.54. The first-order valence-corrected chi connectivity index (χ1v) is 13.9. The fraction of sp³-hybridized carbons (Fsp3) is 0.290. The predicted molar refractivity (Wildman–Crippen MR) is 160 cm³/mol. The monoisotopic (exact) mass is 575 g/mol. The van der Waals surface area contributed by atoms with Gasteiger partial charge in [-0.15, -0.1) is 0 Å². The van der Waals surface area contributed by atoms with Crippen molar-refractivity contribution in [3.63, 3.8) is 0 Å². The van der Waals surface area contributed by atoms with Gasteiger partial charge in [0.05, 0.1) is 28.9 Å². The van der Waals surface area contributed by atoms with E-state index in [1.165, 1.54) is 16.7 Å². The first-order chi connectivity index (χ1) is 19.8. The van der Waals surface area contributed by atoms with Crippen LogP contribution in [0.15, 0.2) is 66.0 Å². The van der Waals surface area contributed by atoms with Gasteiger partial charge < -0.3 is 14.5 Å². The van der Waals surface area contributed by atoms with Crippen molar-refractivity contribution in [3.8, 4) is 22.7 Å². The summed E-state index contributed by atoms with van der Waals surface area (Å²) in [5.74, 6) is 0.262. The highest BCUT2D eigenvalue weighted by Gasteiger charge is 2.30. The number of pyridine rings is 1. The third kappa shape index (κ3) is 5.17. The number of benzene rings is 2. The van der Waals surface area contributed by atoms with Crippen LogP contribution in [0, 0.1) is 5.82 Å². The van der Waals surface area contributed by atoms with Crippen molar-refractivity contribution in [1.29, 1.82) is 0 Å². The quantitative estimate of drug-likeness (QED) is 0.274. The summed E-state index contributed by atoms with van der Waals surface area (Å²) in [7, 11) is 1.55. The van der Waals surface area contributed by atoms with Gasteiger partial charge in [-0.05, 0) is 49.2 Å². The number of fused-ring (bicyclic) bond motifs is 1. The molecular formula is C31H31ClFN5O3. The zero-order valence-electron chi connectivity index (χ0n) is 23.2. The number of nitrogens with zero attached hydrogens (tertiary/aromatic N) is 5. The van der Waals surface area contributed by atoms with Crippen molar-refractivity contribution in [1.82, 2.24) is 19.4 Å². The number of carbonyl (C=O) groups excluding carboxylic acids is 1. The standard InChI is InChI=1S/C31H31ClFN5O3/c1-5-10-20-11-9-14-25(41-4)28(20)38-30-22(17-23(32)27(34-30)21-12-7-8-13-24(21)33)29(35-31(38)40)37-16-15-36(18-19(37)3)26(39)6-2/h6-9,11-14,17,19H,2,5,10,15-16,18H2,1,3-4H3/t19-/m0/s1. The number of ether oxygens (including phenoxy) is 1. The van der Waals surface area contributed by atoms with E-state index in [2.05, 4.69) is 18.5 Å². The smallest absolute Gasteiger partial charge is 0.355 e. The molecule has 1 amide bonds. The molecule has 41 heavy (non-hydrogen) atoms. The molecule has 1 atom stereocenters. The van der Waals surface area contributed by atoms with Crippen LogP contribution < -0.4 is 15.3 Å². The third-order valence-corrected chi connectivity index (χ3v) is 7.65. The minimum atomic E-state index is -0.555. The van der Waals surface area contributed by atoms with Gasteiger partial charge in [0.25, 0.3) is 0 Å². The summed E-state index contributed by atoms with van der Waals surface area (Å²) in [5.41, 5.74) is 1.58. The van der Waals surface area contributed by atoms with Gasteiger partial charge in [0.15, 0.2) is 5.65 Å². The number of hydrogen-bond acceptors (Lipinski definition) is 6. The molecule has 5 rings (SSSR count). The summed E-state index contributed by atoms with van der Waals surface area (Å²) >= 11 is 6.77. The fourth-order valence-corrected chi connectivity index (χ4v) is 5.68. The van der Waals surface area contributed by atoms with Crippen LogP contribution >= 0.6 is 11.6 Å². The summed E-state index contributed by atoms with van der Waals surface area (Å²) in [6.45, 7) is 8.91. The lowest BCUT2D eigenvalue weighted by atomic mass is 10.1. The number of piperazine rings is 1. The Bertz CT molecular complexity index is 1710. The van der Waals surface area contributed by atoms with Gasteiger partial charge in [-0.25, -0.2) is 18.7 Å². The Hall–Kier alpha value is -4.24. The molecule has 3 heterocycles. The Balaban J connectivity index is 1.81. The number of amides is 1. The molecular weight excluding hydrogens is 545 g/mol. The molecule has 2 aromatic carbocycles. The Morgan fingerprint density at radius 2 is 1.98 bits per heavy atom. The predicted octanol–water partition coefficient (Wildman–Crippen LogP) is 5.42. The van der Waals surface area contributed by atoms with E-state index in [4.69, 9.17) is 21.3 Å². The van der Waals surface area contributed by atoms with Gasteiger partial charge in [0, 0.05) is 31.2 Å². The van der Waals surface area contributed by atoms with Crippen molar-refractivity contribution in [2.24, 2.45) is 0 Å². The zero-order chi connectivity index (χ0) is 29.3. The van der Waals surface area contributed by atoms with E-state index in [0.717, 1.165) is 12.0 Å². The normalized spacial score (nSPS) is 15.3. The molecule has 1 fully saturated rings. The maximum absolute atomic E-state index is 14.9. The van der Waals surface area contributed by atoms with Crippen LogP contribution in [0.3, 0.4) is 0 Å². The van der Waals surface area contributed by atoms with Crippen molar-refractivity contribution in [2.75, 3.05) is 31.6 Å².